The zero-order valence-electron chi connectivity index (χ0n) is 15.1. The maximum absolute atomic E-state index is 14.5. The molecule has 0 aliphatic carbocycles. The molecule has 4 rings (SSSR count). The summed E-state index contributed by atoms with van der Waals surface area (Å²) in [5.41, 5.74) is 2.25. The molecule has 1 fully saturated rings. The minimum atomic E-state index is -0.316. The van der Waals surface area contributed by atoms with Gasteiger partial charge < -0.3 is 9.80 Å². The van der Waals surface area contributed by atoms with E-state index in [1.807, 2.05) is 30.0 Å². The lowest BCUT2D eigenvalue weighted by molar-refractivity contribution is 0.566. The predicted octanol–water partition coefficient (Wildman–Crippen LogP) is 2.36. The number of pyridine rings is 1. The first-order valence-corrected chi connectivity index (χ1v) is 8.99. The Morgan fingerprint density at radius 3 is 2.56 bits per heavy atom. The molecule has 3 aromatic heterocycles. The highest BCUT2D eigenvalue weighted by molar-refractivity contribution is 5.59. The molecular formula is C19H20FN7. The molecule has 1 saturated heterocycles. The van der Waals surface area contributed by atoms with Gasteiger partial charge in [0.05, 0.1) is 11.4 Å². The summed E-state index contributed by atoms with van der Waals surface area (Å²) in [6, 6.07) is 5.73. The molecule has 4 heterocycles. The fourth-order valence-corrected chi connectivity index (χ4v) is 3.16. The zero-order valence-corrected chi connectivity index (χ0v) is 15.1. The van der Waals surface area contributed by atoms with Crippen molar-refractivity contribution >= 4 is 11.8 Å². The Morgan fingerprint density at radius 2 is 1.81 bits per heavy atom. The van der Waals surface area contributed by atoms with Crippen molar-refractivity contribution in [2.45, 2.75) is 13.3 Å². The first-order chi connectivity index (χ1) is 13.3. The highest BCUT2D eigenvalue weighted by Crippen LogP contribution is 2.22. The lowest BCUT2D eigenvalue weighted by Gasteiger charge is -2.35. The van der Waals surface area contributed by atoms with Gasteiger partial charge >= 0.3 is 0 Å². The molecule has 0 bridgehead atoms. The van der Waals surface area contributed by atoms with E-state index in [1.165, 1.54) is 6.33 Å². The molecule has 0 spiro atoms. The zero-order chi connectivity index (χ0) is 18.6. The molecule has 3 aromatic rings. The van der Waals surface area contributed by atoms with Crippen LogP contribution in [0.25, 0.3) is 11.3 Å². The van der Waals surface area contributed by atoms with Crippen molar-refractivity contribution in [3.8, 4) is 11.3 Å². The van der Waals surface area contributed by atoms with Crippen molar-refractivity contribution in [3.63, 3.8) is 0 Å². The number of hydrogen-bond donors (Lipinski definition) is 0. The predicted molar refractivity (Wildman–Crippen MR) is 101 cm³/mol. The van der Waals surface area contributed by atoms with Gasteiger partial charge in [-0.2, -0.15) is 0 Å². The molecule has 0 N–H and O–H groups in total. The maximum atomic E-state index is 14.5. The van der Waals surface area contributed by atoms with Crippen molar-refractivity contribution in [1.82, 2.24) is 24.9 Å². The molecular weight excluding hydrogens is 345 g/mol. The second-order valence-electron chi connectivity index (χ2n) is 6.27. The third kappa shape index (κ3) is 3.55. The number of halogens is 1. The van der Waals surface area contributed by atoms with E-state index in [-0.39, 0.29) is 5.82 Å². The molecule has 0 unspecified atom stereocenters. The third-order valence-electron chi connectivity index (χ3n) is 4.64. The standard InChI is InChI=1S/C19H20FN7/c1-2-15-17(20)18(24-13-23-15)26-8-10-27(11-9-26)19-22-7-5-16(25-19)14-4-3-6-21-12-14/h3-7,12-13H,2,8-11H2,1H3. The highest BCUT2D eigenvalue weighted by atomic mass is 19.1. The molecule has 0 saturated carbocycles. The number of piperazine rings is 1. The van der Waals surface area contributed by atoms with Crippen LogP contribution in [0, 0.1) is 5.82 Å². The van der Waals surface area contributed by atoms with Crippen molar-refractivity contribution in [1.29, 1.82) is 0 Å². The molecule has 0 radical (unpaired) electrons. The van der Waals surface area contributed by atoms with Crippen molar-refractivity contribution in [2.24, 2.45) is 0 Å². The van der Waals surface area contributed by atoms with E-state index in [4.69, 9.17) is 0 Å². The van der Waals surface area contributed by atoms with Crippen LogP contribution in [0.15, 0.2) is 43.1 Å². The minimum Gasteiger partial charge on any atom is -0.351 e. The fourth-order valence-electron chi connectivity index (χ4n) is 3.16. The second kappa shape index (κ2) is 7.61. The Kier molecular flexibility index (Phi) is 4.86. The fraction of sp³-hybridized carbons (Fsp3) is 0.316. The van der Waals surface area contributed by atoms with Crippen LogP contribution in [-0.2, 0) is 6.42 Å². The molecule has 1 aliphatic rings. The smallest absolute Gasteiger partial charge is 0.225 e. The molecule has 8 heteroatoms. The van der Waals surface area contributed by atoms with Crippen LogP contribution in [0.1, 0.15) is 12.6 Å². The normalized spacial score (nSPS) is 14.4. The van der Waals surface area contributed by atoms with Crippen molar-refractivity contribution < 1.29 is 4.39 Å². The van der Waals surface area contributed by atoms with Gasteiger partial charge in [-0.05, 0) is 24.6 Å². The van der Waals surface area contributed by atoms with E-state index in [2.05, 4.69) is 29.8 Å². The molecule has 138 valence electrons. The van der Waals surface area contributed by atoms with Crippen LogP contribution in [0.4, 0.5) is 16.2 Å². The third-order valence-corrected chi connectivity index (χ3v) is 4.64. The summed E-state index contributed by atoms with van der Waals surface area (Å²) in [6.45, 7) is 4.58. The maximum Gasteiger partial charge on any atom is 0.225 e. The number of rotatable bonds is 4. The van der Waals surface area contributed by atoms with Gasteiger partial charge in [0, 0.05) is 50.3 Å². The first kappa shape index (κ1) is 17.3. The summed E-state index contributed by atoms with van der Waals surface area (Å²) in [5, 5.41) is 0. The Morgan fingerprint density at radius 1 is 1.00 bits per heavy atom. The lowest BCUT2D eigenvalue weighted by atomic mass is 10.2. The van der Waals surface area contributed by atoms with Gasteiger partial charge in [-0.25, -0.2) is 24.3 Å². The van der Waals surface area contributed by atoms with Crippen LogP contribution >= 0.6 is 0 Å². The van der Waals surface area contributed by atoms with Gasteiger partial charge in [-0.3, -0.25) is 4.98 Å². The Bertz CT molecular complexity index is 911. The molecule has 0 aromatic carbocycles. The first-order valence-electron chi connectivity index (χ1n) is 8.99. The average molecular weight is 365 g/mol. The van der Waals surface area contributed by atoms with Gasteiger partial charge in [0.2, 0.25) is 5.95 Å². The summed E-state index contributed by atoms with van der Waals surface area (Å²) in [7, 11) is 0. The largest absolute Gasteiger partial charge is 0.351 e. The van der Waals surface area contributed by atoms with Crippen molar-refractivity contribution in [2.75, 3.05) is 36.0 Å². The molecule has 1 aliphatic heterocycles. The summed E-state index contributed by atoms with van der Waals surface area (Å²) in [5.74, 6) is 0.739. The topological polar surface area (TPSA) is 70.9 Å². The van der Waals surface area contributed by atoms with E-state index in [9.17, 15) is 4.39 Å². The van der Waals surface area contributed by atoms with E-state index in [0.29, 0.717) is 50.1 Å². The van der Waals surface area contributed by atoms with Crippen LogP contribution in [0.5, 0.6) is 0 Å². The molecule has 7 nitrogen and oxygen atoms in total. The Hall–Kier alpha value is -3.16. The molecule has 0 atom stereocenters. The van der Waals surface area contributed by atoms with Crippen molar-refractivity contribution in [3.05, 3.63) is 54.6 Å². The second-order valence-corrected chi connectivity index (χ2v) is 6.27. The summed E-state index contributed by atoms with van der Waals surface area (Å²) in [4.78, 5) is 25.4. The van der Waals surface area contributed by atoms with Crippen LogP contribution in [0.2, 0.25) is 0 Å². The summed E-state index contributed by atoms with van der Waals surface area (Å²) < 4.78 is 14.5. The van der Waals surface area contributed by atoms with Crippen LogP contribution in [0.3, 0.4) is 0 Å². The van der Waals surface area contributed by atoms with Gasteiger partial charge in [-0.1, -0.05) is 6.92 Å². The van der Waals surface area contributed by atoms with Crippen LogP contribution in [-0.4, -0.2) is 51.1 Å². The highest BCUT2D eigenvalue weighted by Gasteiger charge is 2.23. The molecule has 27 heavy (non-hydrogen) atoms. The number of hydrogen-bond acceptors (Lipinski definition) is 7. The van der Waals surface area contributed by atoms with Gasteiger partial charge in [0.1, 0.15) is 6.33 Å². The quantitative estimate of drug-likeness (QED) is 0.703. The Balaban J connectivity index is 1.49. The molecule has 0 amide bonds. The number of aromatic nitrogens is 5. The lowest BCUT2D eigenvalue weighted by Crippen LogP contribution is -2.47. The Labute approximate surface area is 157 Å². The van der Waals surface area contributed by atoms with E-state index in [0.717, 1.165) is 11.3 Å². The van der Waals surface area contributed by atoms with Crippen LogP contribution < -0.4 is 9.80 Å². The number of anilines is 2. The summed E-state index contributed by atoms with van der Waals surface area (Å²) >= 11 is 0. The summed E-state index contributed by atoms with van der Waals surface area (Å²) in [6.07, 6.45) is 7.27. The minimum absolute atomic E-state index is 0.316. The number of nitrogens with zero attached hydrogens (tertiary/aromatic N) is 7. The SMILES string of the molecule is CCc1ncnc(N2CCN(c3nccc(-c4cccnc4)n3)CC2)c1F. The van der Waals surface area contributed by atoms with E-state index >= 15 is 0 Å². The van der Waals surface area contributed by atoms with Gasteiger partial charge in [0.15, 0.2) is 11.6 Å². The van der Waals surface area contributed by atoms with Gasteiger partial charge in [0.25, 0.3) is 0 Å². The van der Waals surface area contributed by atoms with E-state index < -0.39 is 0 Å². The average Bonchev–Trinajstić information content (AvgIpc) is 2.75. The van der Waals surface area contributed by atoms with E-state index in [1.54, 1.807) is 18.6 Å². The van der Waals surface area contributed by atoms with Gasteiger partial charge in [-0.15, -0.1) is 0 Å². The monoisotopic (exact) mass is 365 g/mol. The number of aryl methyl sites for hydroxylation is 1.